The second kappa shape index (κ2) is 5.31. The van der Waals surface area contributed by atoms with E-state index >= 15 is 0 Å². The molecule has 0 N–H and O–H groups in total. The number of aromatic nitrogens is 1. The molecule has 1 amide bonds. The molecule has 5 heteroatoms. The molecule has 3 rings (SSSR count). The van der Waals surface area contributed by atoms with E-state index in [1.807, 2.05) is 13.8 Å². The number of rotatable bonds is 2. The van der Waals surface area contributed by atoms with E-state index in [1.54, 1.807) is 17.0 Å². The minimum atomic E-state index is -0.395. The summed E-state index contributed by atoms with van der Waals surface area (Å²) in [6.45, 7) is 4.41. The van der Waals surface area contributed by atoms with E-state index in [4.69, 9.17) is 4.52 Å². The minimum absolute atomic E-state index is 0.0352. The van der Waals surface area contributed by atoms with Gasteiger partial charge in [0.25, 0.3) is 5.91 Å². The zero-order valence-corrected chi connectivity index (χ0v) is 12.1. The summed E-state index contributed by atoms with van der Waals surface area (Å²) in [6, 6.07) is 5.79. The predicted molar refractivity (Wildman–Crippen MR) is 75.4 cm³/mol. The van der Waals surface area contributed by atoms with E-state index < -0.39 is 5.82 Å². The molecule has 110 valence electrons. The molecule has 0 spiro atoms. The van der Waals surface area contributed by atoms with Crippen molar-refractivity contribution in [1.29, 1.82) is 0 Å². The third kappa shape index (κ3) is 2.44. The number of hydrogen-bond donors (Lipinski definition) is 0. The van der Waals surface area contributed by atoms with Gasteiger partial charge in [-0.25, -0.2) is 4.39 Å². The summed E-state index contributed by atoms with van der Waals surface area (Å²) in [5, 5.41) is 3.97. The number of benzene rings is 1. The van der Waals surface area contributed by atoms with Crippen LogP contribution in [0.2, 0.25) is 0 Å². The molecule has 1 aliphatic rings. The lowest BCUT2D eigenvalue weighted by molar-refractivity contribution is 0.0734. The number of halogens is 1. The van der Waals surface area contributed by atoms with Gasteiger partial charge in [-0.3, -0.25) is 4.79 Å². The average molecular weight is 288 g/mol. The first-order valence-corrected chi connectivity index (χ1v) is 7.07. The van der Waals surface area contributed by atoms with Gasteiger partial charge in [0.05, 0.1) is 11.7 Å². The van der Waals surface area contributed by atoms with Crippen molar-refractivity contribution in [2.45, 2.75) is 32.7 Å². The second-order valence-corrected chi connectivity index (χ2v) is 5.40. The molecule has 4 nitrogen and oxygen atoms in total. The highest BCUT2D eigenvalue weighted by Gasteiger charge is 2.34. The zero-order valence-electron chi connectivity index (χ0n) is 12.1. The first kappa shape index (κ1) is 13.8. The molecule has 0 saturated carbocycles. The molecule has 1 atom stereocenters. The highest BCUT2D eigenvalue weighted by Crippen LogP contribution is 2.36. The Hall–Kier alpha value is -2.17. The van der Waals surface area contributed by atoms with Gasteiger partial charge in [-0.1, -0.05) is 11.2 Å². The van der Waals surface area contributed by atoms with Gasteiger partial charge in [-0.15, -0.1) is 0 Å². The number of nitrogens with zero attached hydrogens (tertiary/aromatic N) is 2. The first-order chi connectivity index (χ1) is 10.1. The van der Waals surface area contributed by atoms with Crippen LogP contribution in [0.15, 0.2) is 28.8 Å². The molecule has 1 aliphatic heterocycles. The predicted octanol–water partition coefficient (Wildman–Crippen LogP) is 3.41. The van der Waals surface area contributed by atoms with E-state index in [1.165, 1.54) is 12.1 Å². The first-order valence-electron chi connectivity index (χ1n) is 7.07. The lowest BCUT2D eigenvalue weighted by Gasteiger charge is -2.24. The van der Waals surface area contributed by atoms with Crippen LogP contribution in [-0.4, -0.2) is 22.5 Å². The summed E-state index contributed by atoms with van der Waals surface area (Å²) >= 11 is 0. The van der Waals surface area contributed by atoms with Crippen LogP contribution in [-0.2, 0) is 0 Å². The van der Waals surface area contributed by atoms with Gasteiger partial charge in [-0.05, 0) is 44.9 Å². The van der Waals surface area contributed by atoms with Crippen molar-refractivity contribution < 1.29 is 13.7 Å². The van der Waals surface area contributed by atoms with Crippen LogP contribution in [0.4, 0.5) is 4.39 Å². The SMILES string of the molecule is Cc1noc(C)c1[C@H]1CCCN1C(=O)c1cccc(F)c1. The monoisotopic (exact) mass is 288 g/mol. The molecule has 0 unspecified atom stereocenters. The van der Waals surface area contributed by atoms with Crippen LogP contribution >= 0.6 is 0 Å². The largest absolute Gasteiger partial charge is 0.361 e. The smallest absolute Gasteiger partial charge is 0.254 e. The van der Waals surface area contributed by atoms with E-state index in [0.29, 0.717) is 12.1 Å². The van der Waals surface area contributed by atoms with Gasteiger partial charge in [0, 0.05) is 17.7 Å². The standard InChI is InChI=1S/C16H17FN2O2/c1-10-15(11(2)21-18-10)14-7-4-8-19(14)16(20)12-5-3-6-13(17)9-12/h3,5-6,9,14H,4,7-8H2,1-2H3/t14-/m1/s1. The maximum atomic E-state index is 13.3. The number of likely N-dealkylation sites (tertiary alicyclic amines) is 1. The number of aryl methyl sites for hydroxylation is 2. The molecule has 1 saturated heterocycles. The summed E-state index contributed by atoms with van der Waals surface area (Å²) < 4.78 is 18.5. The van der Waals surface area contributed by atoms with Gasteiger partial charge < -0.3 is 9.42 Å². The van der Waals surface area contributed by atoms with Crippen LogP contribution in [0.3, 0.4) is 0 Å². The normalized spacial score (nSPS) is 18.2. The van der Waals surface area contributed by atoms with Crippen LogP contribution in [0.1, 0.15) is 46.3 Å². The number of amides is 1. The molecular weight excluding hydrogens is 271 g/mol. The van der Waals surface area contributed by atoms with Crippen molar-refractivity contribution in [1.82, 2.24) is 10.1 Å². The lowest BCUT2D eigenvalue weighted by Crippen LogP contribution is -2.31. The Morgan fingerprint density at radius 1 is 1.43 bits per heavy atom. The summed E-state index contributed by atoms with van der Waals surface area (Å²) in [5.41, 5.74) is 2.18. The maximum Gasteiger partial charge on any atom is 0.254 e. The molecule has 21 heavy (non-hydrogen) atoms. The molecular formula is C16H17FN2O2. The Bertz CT molecular complexity index is 661. The van der Waals surface area contributed by atoms with Crippen molar-refractivity contribution in [2.24, 2.45) is 0 Å². The van der Waals surface area contributed by atoms with Crippen LogP contribution in [0.25, 0.3) is 0 Å². The van der Waals surface area contributed by atoms with E-state index in [9.17, 15) is 9.18 Å². The van der Waals surface area contributed by atoms with Crippen LogP contribution < -0.4 is 0 Å². The number of carbonyl (C=O) groups excluding carboxylic acids is 1. The van der Waals surface area contributed by atoms with Gasteiger partial charge in [0.1, 0.15) is 11.6 Å². The average Bonchev–Trinajstić information content (AvgIpc) is 3.05. The zero-order chi connectivity index (χ0) is 15.0. The Balaban J connectivity index is 1.93. The quantitative estimate of drug-likeness (QED) is 0.850. The third-order valence-corrected chi connectivity index (χ3v) is 4.01. The summed E-state index contributed by atoms with van der Waals surface area (Å²) in [6.07, 6.45) is 1.81. The fourth-order valence-corrected chi connectivity index (χ4v) is 3.06. The fourth-order valence-electron chi connectivity index (χ4n) is 3.06. The molecule has 0 aliphatic carbocycles. The van der Waals surface area contributed by atoms with Gasteiger partial charge in [0.2, 0.25) is 0 Å². The highest BCUT2D eigenvalue weighted by atomic mass is 19.1. The fraction of sp³-hybridized carbons (Fsp3) is 0.375. The summed E-state index contributed by atoms with van der Waals surface area (Å²) in [4.78, 5) is 14.4. The Labute approximate surface area is 122 Å². The molecule has 1 fully saturated rings. The molecule has 2 heterocycles. The number of carbonyl (C=O) groups is 1. The minimum Gasteiger partial charge on any atom is -0.361 e. The second-order valence-electron chi connectivity index (χ2n) is 5.40. The van der Waals surface area contributed by atoms with Crippen LogP contribution in [0.5, 0.6) is 0 Å². The van der Waals surface area contributed by atoms with Crippen molar-refractivity contribution in [2.75, 3.05) is 6.54 Å². The highest BCUT2D eigenvalue weighted by molar-refractivity contribution is 5.94. The Morgan fingerprint density at radius 2 is 2.24 bits per heavy atom. The molecule has 2 aromatic rings. The number of hydrogen-bond acceptors (Lipinski definition) is 3. The molecule has 0 radical (unpaired) electrons. The van der Waals surface area contributed by atoms with Gasteiger partial charge >= 0.3 is 0 Å². The third-order valence-electron chi connectivity index (χ3n) is 4.01. The Morgan fingerprint density at radius 3 is 2.90 bits per heavy atom. The van der Waals surface area contributed by atoms with E-state index in [0.717, 1.165) is 29.9 Å². The molecule has 1 aromatic heterocycles. The van der Waals surface area contributed by atoms with Crippen molar-refractivity contribution in [3.05, 3.63) is 52.7 Å². The van der Waals surface area contributed by atoms with Crippen molar-refractivity contribution in [3.63, 3.8) is 0 Å². The van der Waals surface area contributed by atoms with E-state index in [2.05, 4.69) is 5.16 Å². The maximum absolute atomic E-state index is 13.3. The lowest BCUT2D eigenvalue weighted by atomic mass is 10.0. The van der Waals surface area contributed by atoms with E-state index in [-0.39, 0.29) is 11.9 Å². The molecule has 1 aromatic carbocycles. The summed E-state index contributed by atoms with van der Waals surface area (Å²) in [5.74, 6) is 0.211. The van der Waals surface area contributed by atoms with Crippen molar-refractivity contribution >= 4 is 5.91 Å². The van der Waals surface area contributed by atoms with Gasteiger partial charge in [0.15, 0.2) is 0 Å². The summed E-state index contributed by atoms with van der Waals surface area (Å²) in [7, 11) is 0. The van der Waals surface area contributed by atoms with Crippen LogP contribution in [0, 0.1) is 19.7 Å². The topological polar surface area (TPSA) is 46.3 Å². The molecule has 0 bridgehead atoms. The van der Waals surface area contributed by atoms with Gasteiger partial charge in [-0.2, -0.15) is 0 Å². The van der Waals surface area contributed by atoms with Crippen molar-refractivity contribution in [3.8, 4) is 0 Å². The Kier molecular flexibility index (Phi) is 3.49.